The van der Waals surface area contributed by atoms with Crippen LogP contribution in [0.25, 0.3) is 5.57 Å². The van der Waals surface area contributed by atoms with Crippen molar-refractivity contribution in [1.82, 2.24) is 0 Å². The molecule has 0 aromatic heterocycles. The molecule has 2 atom stereocenters. The summed E-state index contributed by atoms with van der Waals surface area (Å²) < 4.78 is 12.3. The van der Waals surface area contributed by atoms with E-state index in [1.807, 2.05) is 68.4 Å². The molecule has 1 spiro atoms. The van der Waals surface area contributed by atoms with Gasteiger partial charge in [0.25, 0.3) is 0 Å². The zero-order chi connectivity index (χ0) is 20.9. The molecule has 1 heterocycles. The number of benzene rings is 3. The second-order valence-electron chi connectivity index (χ2n) is 8.18. The van der Waals surface area contributed by atoms with Crippen LogP contribution in [-0.4, -0.2) is 18.5 Å². The topological polar surface area (TPSA) is 35.5 Å². The van der Waals surface area contributed by atoms with Crippen molar-refractivity contribution in [2.24, 2.45) is 0 Å². The molecular formula is C27H24O3. The Kier molecular flexibility index (Phi) is 4.28. The Labute approximate surface area is 177 Å². The van der Waals surface area contributed by atoms with Crippen LogP contribution in [0.3, 0.4) is 0 Å². The summed E-state index contributed by atoms with van der Waals surface area (Å²) in [6, 6.07) is 22.2. The third-order valence-corrected chi connectivity index (χ3v) is 6.40. The van der Waals surface area contributed by atoms with Gasteiger partial charge in [-0.25, -0.2) is 0 Å². The number of ketones is 1. The molecule has 0 radical (unpaired) electrons. The summed E-state index contributed by atoms with van der Waals surface area (Å²) in [5.41, 5.74) is 4.91. The van der Waals surface area contributed by atoms with Gasteiger partial charge in [-0.05, 0) is 42.2 Å². The molecule has 0 fully saturated rings. The maximum atomic E-state index is 14.0. The summed E-state index contributed by atoms with van der Waals surface area (Å²) >= 11 is 0. The predicted molar refractivity (Wildman–Crippen MR) is 118 cm³/mol. The van der Waals surface area contributed by atoms with Crippen LogP contribution < -0.4 is 9.47 Å². The standard InChI is InChI=1S/C27H24O3/c1-17-13-14-18(2)25-24(17)26(28)27(30-25)16-20(19-9-5-4-6-10-19)15-22(27)21-11-7-8-12-23(21)29-3/h4-15,22H,16H2,1-3H3/t22-,27-/m1/s1. The number of rotatable bonds is 3. The number of hydrogen-bond donors (Lipinski definition) is 0. The molecule has 0 saturated heterocycles. The van der Waals surface area contributed by atoms with Crippen molar-refractivity contribution in [1.29, 1.82) is 0 Å². The molecule has 0 saturated carbocycles. The quantitative estimate of drug-likeness (QED) is 0.553. The Hall–Kier alpha value is -3.33. The zero-order valence-corrected chi connectivity index (χ0v) is 17.4. The number of para-hydroxylation sites is 1. The van der Waals surface area contributed by atoms with E-state index in [2.05, 4.69) is 18.2 Å². The summed E-state index contributed by atoms with van der Waals surface area (Å²) in [5, 5.41) is 0. The minimum Gasteiger partial charge on any atom is -0.496 e. The number of aryl methyl sites for hydroxylation is 2. The average molecular weight is 396 g/mol. The number of hydrogen-bond acceptors (Lipinski definition) is 3. The molecule has 1 aliphatic heterocycles. The summed E-state index contributed by atoms with van der Waals surface area (Å²) in [5.74, 6) is 1.33. The summed E-state index contributed by atoms with van der Waals surface area (Å²) in [6.45, 7) is 3.99. The Morgan fingerprint density at radius 1 is 0.933 bits per heavy atom. The van der Waals surface area contributed by atoms with Crippen LogP contribution in [0.2, 0.25) is 0 Å². The van der Waals surface area contributed by atoms with E-state index in [0.29, 0.717) is 6.42 Å². The van der Waals surface area contributed by atoms with Crippen LogP contribution in [0.4, 0.5) is 0 Å². The molecule has 0 amide bonds. The highest BCUT2D eigenvalue weighted by molar-refractivity contribution is 6.11. The molecule has 3 nitrogen and oxygen atoms in total. The minimum absolute atomic E-state index is 0.0665. The molecule has 0 N–H and O–H groups in total. The average Bonchev–Trinajstić information content (AvgIpc) is 3.31. The maximum Gasteiger partial charge on any atom is 0.211 e. The first-order chi connectivity index (χ1) is 14.5. The van der Waals surface area contributed by atoms with E-state index in [1.165, 1.54) is 0 Å². The number of Topliss-reactive ketones (excluding diaryl/α,β-unsaturated/α-hetero) is 1. The highest BCUT2D eigenvalue weighted by Gasteiger charge is 2.57. The van der Waals surface area contributed by atoms with Crippen molar-refractivity contribution < 1.29 is 14.3 Å². The fourth-order valence-electron chi connectivity index (χ4n) is 4.86. The van der Waals surface area contributed by atoms with Gasteiger partial charge in [0.05, 0.1) is 18.6 Å². The number of carbonyl (C=O) groups excluding carboxylic acids is 1. The highest BCUT2D eigenvalue weighted by atomic mass is 16.5. The van der Waals surface area contributed by atoms with Gasteiger partial charge < -0.3 is 9.47 Å². The molecule has 3 heteroatoms. The number of ether oxygens (including phenoxy) is 2. The van der Waals surface area contributed by atoms with Gasteiger partial charge in [-0.2, -0.15) is 0 Å². The van der Waals surface area contributed by atoms with Crippen molar-refractivity contribution in [3.05, 3.63) is 101 Å². The van der Waals surface area contributed by atoms with E-state index in [1.54, 1.807) is 7.11 Å². The lowest BCUT2D eigenvalue weighted by Gasteiger charge is -2.30. The van der Waals surface area contributed by atoms with Crippen molar-refractivity contribution in [3.63, 3.8) is 0 Å². The molecule has 3 aromatic carbocycles. The van der Waals surface area contributed by atoms with E-state index in [9.17, 15) is 4.79 Å². The van der Waals surface area contributed by atoms with E-state index in [0.717, 1.165) is 44.9 Å². The van der Waals surface area contributed by atoms with Crippen LogP contribution in [0.1, 0.15) is 45.0 Å². The molecule has 1 aliphatic carbocycles. The number of fused-ring (bicyclic) bond motifs is 1. The predicted octanol–water partition coefficient (Wildman–Crippen LogP) is 5.90. The van der Waals surface area contributed by atoms with Crippen LogP contribution in [0.5, 0.6) is 11.5 Å². The van der Waals surface area contributed by atoms with E-state index in [-0.39, 0.29) is 11.7 Å². The first-order valence-electron chi connectivity index (χ1n) is 10.3. The van der Waals surface area contributed by atoms with Crippen LogP contribution in [-0.2, 0) is 0 Å². The number of carbonyl (C=O) groups is 1. The Morgan fingerprint density at radius 3 is 2.37 bits per heavy atom. The molecular weight excluding hydrogens is 372 g/mol. The van der Waals surface area contributed by atoms with Gasteiger partial charge in [-0.15, -0.1) is 0 Å². The molecule has 0 bridgehead atoms. The monoisotopic (exact) mass is 396 g/mol. The van der Waals surface area contributed by atoms with Gasteiger partial charge in [-0.3, -0.25) is 4.79 Å². The smallest absolute Gasteiger partial charge is 0.211 e. The minimum atomic E-state index is -0.987. The summed E-state index contributed by atoms with van der Waals surface area (Å²) in [7, 11) is 1.67. The van der Waals surface area contributed by atoms with E-state index >= 15 is 0 Å². The largest absolute Gasteiger partial charge is 0.496 e. The van der Waals surface area contributed by atoms with Crippen molar-refractivity contribution in [2.45, 2.75) is 31.8 Å². The third kappa shape index (κ3) is 2.62. The summed E-state index contributed by atoms with van der Waals surface area (Å²) in [4.78, 5) is 14.0. The van der Waals surface area contributed by atoms with E-state index in [4.69, 9.17) is 9.47 Å². The van der Waals surface area contributed by atoms with Gasteiger partial charge in [0.2, 0.25) is 5.78 Å². The molecule has 3 aromatic rings. The van der Waals surface area contributed by atoms with Crippen molar-refractivity contribution in [3.8, 4) is 11.5 Å². The SMILES string of the molecule is COc1ccccc1[C@H]1C=C(c2ccccc2)C[C@@]12Oc1c(C)ccc(C)c1C2=O. The number of methoxy groups -OCH3 is 1. The lowest BCUT2D eigenvalue weighted by molar-refractivity contribution is 0.0547. The van der Waals surface area contributed by atoms with Crippen LogP contribution in [0.15, 0.2) is 72.8 Å². The van der Waals surface area contributed by atoms with Crippen molar-refractivity contribution in [2.75, 3.05) is 7.11 Å². The summed E-state index contributed by atoms with van der Waals surface area (Å²) in [6.07, 6.45) is 2.73. The highest BCUT2D eigenvalue weighted by Crippen LogP contribution is 2.55. The van der Waals surface area contributed by atoms with Crippen molar-refractivity contribution >= 4 is 11.4 Å². The zero-order valence-electron chi connectivity index (χ0n) is 17.4. The molecule has 30 heavy (non-hydrogen) atoms. The molecule has 0 unspecified atom stereocenters. The molecule has 2 aliphatic rings. The molecule has 5 rings (SSSR count). The van der Waals surface area contributed by atoms with Crippen LogP contribution >= 0.6 is 0 Å². The van der Waals surface area contributed by atoms with E-state index < -0.39 is 5.60 Å². The van der Waals surface area contributed by atoms with Gasteiger partial charge in [0, 0.05) is 12.0 Å². The Bertz CT molecular complexity index is 1180. The van der Waals surface area contributed by atoms with Gasteiger partial charge in [0.15, 0.2) is 5.60 Å². The normalized spacial score (nSPS) is 22.0. The Balaban J connectivity index is 1.71. The lowest BCUT2D eigenvalue weighted by atomic mass is 9.79. The first kappa shape index (κ1) is 18.7. The Morgan fingerprint density at radius 2 is 1.63 bits per heavy atom. The van der Waals surface area contributed by atoms with Gasteiger partial charge >= 0.3 is 0 Å². The fraction of sp³-hybridized carbons (Fsp3) is 0.222. The van der Waals surface area contributed by atoms with Gasteiger partial charge in [-0.1, -0.05) is 66.7 Å². The second kappa shape index (κ2) is 6.88. The lowest BCUT2D eigenvalue weighted by Crippen LogP contribution is -2.43. The van der Waals surface area contributed by atoms with Crippen LogP contribution in [0, 0.1) is 13.8 Å². The molecule has 150 valence electrons. The maximum absolute atomic E-state index is 14.0. The van der Waals surface area contributed by atoms with Gasteiger partial charge in [0.1, 0.15) is 11.5 Å². The third-order valence-electron chi connectivity index (χ3n) is 6.40. The fourth-order valence-corrected chi connectivity index (χ4v) is 4.86. The first-order valence-corrected chi connectivity index (χ1v) is 10.3. The second-order valence-corrected chi connectivity index (χ2v) is 8.18.